The smallest absolute Gasteiger partial charge is 0.337 e. The van der Waals surface area contributed by atoms with Gasteiger partial charge in [0.2, 0.25) is 5.91 Å². The Morgan fingerprint density at radius 3 is 2.36 bits per heavy atom. The SMILES string of the molecule is COC(=O)C1=C(C)NC(=O)N(C(C)=O)[C@@H]1c1ccc(Cl)cc1. The zero-order chi connectivity index (χ0) is 16.4. The first-order valence-corrected chi connectivity index (χ1v) is 6.90. The second-order valence-electron chi connectivity index (χ2n) is 4.80. The zero-order valence-corrected chi connectivity index (χ0v) is 13.1. The number of ether oxygens (including phenoxy) is 1. The van der Waals surface area contributed by atoms with Crippen molar-refractivity contribution >= 4 is 29.5 Å². The fourth-order valence-electron chi connectivity index (χ4n) is 2.40. The number of halogens is 1. The lowest BCUT2D eigenvalue weighted by atomic mass is 9.94. The van der Waals surface area contributed by atoms with Crippen LogP contribution in [0.4, 0.5) is 4.79 Å². The van der Waals surface area contributed by atoms with Crippen LogP contribution in [0.3, 0.4) is 0 Å². The van der Waals surface area contributed by atoms with E-state index in [4.69, 9.17) is 16.3 Å². The Morgan fingerprint density at radius 2 is 1.86 bits per heavy atom. The standard InChI is InChI=1S/C15H15ClN2O4/c1-8-12(14(20)22-3)13(10-4-6-11(16)7-5-10)18(9(2)19)15(21)17-8/h4-7,13H,1-3H3,(H,17,21)/t13-/m1/s1. The number of nitrogens with zero attached hydrogens (tertiary/aromatic N) is 1. The molecule has 0 saturated carbocycles. The van der Waals surface area contributed by atoms with Crippen molar-refractivity contribution in [1.82, 2.24) is 10.2 Å². The second kappa shape index (κ2) is 6.19. The molecule has 0 aromatic heterocycles. The first-order valence-electron chi connectivity index (χ1n) is 6.52. The second-order valence-corrected chi connectivity index (χ2v) is 5.24. The molecule has 7 heteroatoms. The summed E-state index contributed by atoms with van der Waals surface area (Å²) in [5.41, 5.74) is 1.16. The molecule has 1 atom stereocenters. The van der Waals surface area contributed by atoms with Crippen LogP contribution in [-0.4, -0.2) is 29.9 Å². The third-order valence-electron chi connectivity index (χ3n) is 3.38. The van der Waals surface area contributed by atoms with E-state index in [0.717, 1.165) is 4.90 Å². The fraction of sp³-hybridized carbons (Fsp3) is 0.267. The van der Waals surface area contributed by atoms with E-state index in [1.165, 1.54) is 14.0 Å². The Kier molecular flexibility index (Phi) is 4.51. The molecule has 6 nitrogen and oxygen atoms in total. The van der Waals surface area contributed by atoms with Crippen molar-refractivity contribution in [3.63, 3.8) is 0 Å². The molecule has 1 heterocycles. The van der Waals surface area contributed by atoms with Gasteiger partial charge in [0.05, 0.1) is 12.7 Å². The van der Waals surface area contributed by atoms with Crippen LogP contribution in [0.2, 0.25) is 5.02 Å². The van der Waals surface area contributed by atoms with E-state index in [-0.39, 0.29) is 5.57 Å². The third kappa shape index (κ3) is 2.82. The molecule has 1 aromatic carbocycles. The number of amides is 3. The molecule has 1 aliphatic heterocycles. The van der Waals surface area contributed by atoms with Crippen molar-refractivity contribution in [2.75, 3.05) is 7.11 Å². The summed E-state index contributed by atoms with van der Waals surface area (Å²) in [7, 11) is 1.25. The maximum atomic E-state index is 12.1. The topological polar surface area (TPSA) is 75.7 Å². The molecule has 0 fully saturated rings. The van der Waals surface area contributed by atoms with E-state index in [1.54, 1.807) is 31.2 Å². The zero-order valence-electron chi connectivity index (χ0n) is 12.3. The van der Waals surface area contributed by atoms with Gasteiger partial charge in [0.1, 0.15) is 6.04 Å². The van der Waals surface area contributed by atoms with Gasteiger partial charge < -0.3 is 10.1 Å². The van der Waals surface area contributed by atoms with E-state index in [2.05, 4.69) is 5.32 Å². The van der Waals surface area contributed by atoms with E-state index < -0.39 is 23.9 Å². The number of allylic oxidation sites excluding steroid dienone is 1. The Labute approximate surface area is 132 Å². The molecular weight excluding hydrogens is 308 g/mol. The Bertz CT molecular complexity index is 667. The molecule has 3 amide bonds. The van der Waals surface area contributed by atoms with Crippen LogP contribution >= 0.6 is 11.6 Å². The molecule has 1 N–H and O–H groups in total. The van der Waals surface area contributed by atoms with Crippen LogP contribution in [0.15, 0.2) is 35.5 Å². The van der Waals surface area contributed by atoms with Gasteiger partial charge in [-0.15, -0.1) is 0 Å². The number of nitrogens with one attached hydrogen (secondary N) is 1. The molecule has 0 saturated heterocycles. The minimum atomic E-state index is -0.851. The van der Waals surface area contributed by atoms with Crippen LogP contribution in [-0.2, 0) is 14.3 Å². The minimum absolute atomic E-state index is 0.208. The molecule has 1 aromatic rings. The number of hydrogen-bond donors (Lipinski definition) is 1. The van der Waals surface area contributed by atoms with Gasteiger partial charge in [-0.25, -0.2) is 9.59 Å². The van der Waals surface area contributed by atoms with Crippen LogP contribution in [0.5, 0.6) is 0 Å². The lowest BCUT2D eigenvalue weighted by Gasteiger charge is -2.35. The maximum Gasteiger partial charge on any atom is 0.337 e. The van der Waals surface area contributed by atoms with Crippen molar-refractivity contribution in [2.45, 2.75) is 19.9 Å². The van der Waals surface area contributed by atoms with E-state index >= 15 is 0 Å². The van der Waals surface area contributed by atoms with E-state index in [0.29, 0.717) is 16.3 Å². The summed E-state index contributed by atoms with van der Waals surface area (Å²) in [5, 5.41) is 3.02. The molecule has 2 rings (SSSR count). The number of carbonyl (C=O) groups is 3. The Morgan fingerprint density at radius 1 is 1.27 bits per heavy atom. The minimum Gasteiger partial charge on any atom is -0.466 e. The summed E-state index contributed by atoms with van der Waals surface area (Å²) in [6.07, 6.45) is 0. The molecule has 0 bridgehead atoms. The van der Waals surface area contributed by atoms with Crippen molar-refractivity contribution in [2.24, 2.45) is 0 Å². The first kappa shape index (κ1) is 16.0. The summed E-state index contributed by atoms with van der Waals surface area (Å²) in [5.74, 6) is -1.09. The quantitative estimate of drug-likeness (QED) is 0.848. The lowest BCUT2D eigenvalue weighted by Crippen LogP contribution is -2.50. The number of carbonyl (C=O) groups excluding carboxylic acids is 3. The van der Waals surface area contributed by atoms with Gasteiger partial charge in [-0.1, -0.05) is 23.7 Å². The monoisotopic (exact) mass is 322 g/mol. The number of benzene rings is 1. The van der Waals surface area contributed by atoms with Crippen molar-refractivity contribution < 1.29 is 19.1 Å². The van der Waals surface area contributed by atoms with Gasteiger partial charge in [0, 0.05) is 17.6 Å². The normalized spacial score (nSPS) is 18.1. The summed E-state index contributed by atoms with van der Waals surface area (Å²) >= 11 is 5.87. The number of urea groups is 1. The average molecular weight is 323 g/mol. The fourth-order valence-corrected chi connectivity index (χ4v) is 2.53. The third-order valence-corrected chi connectivity index (χ3v) is 3.63. The predicted molar refractivity (Wildman–Crippen MR) is 80.0 cm³/mol. The van der Waals surface area contributed by atoms with E-state index in [1.807, 2.05) is 0 Å². The van der Waals surface area contributed by atoms with Crippen molar-refractivity contribution in [3.8, 4) is 0 Å². The molecule has 0 radical (unpaired) electrons. The summed E-state index contributed by atoms with van der Waals surface area (Å²) in [6.45, 7) is 2.85. The number of hydrogen-bond acceptors (Lipinski definition) is 4. The van der Waals surface area contributed by atoms with Crippen LogP contribution < -0.4 is 5.32 Å². The van der Waals surface area contributed by atoms with Gasteiger partial charge in [-0.2, -0.15) is 0 Å². The molecule has 22 heavy (non-hydrogen) atoms. The number of methoxy groups -OCH3 is 1. The first-order chi connectivity index (χ1) is 10.4. The lowest BCUT2D eigenvalue weighted by molar-refractivity contribution is -0.137. The van der Waals surface area contributed by atoms with Crippen molar-refractivity contribution in [3.05, 3.63) is 46.1 Å². The highest BCUT2D eigenvalue weighted by atomic mass is 35.5. The van der Waals surface area contributed by atoms with Gasteiger partial charge in [-0.3, -0.25) is 9.69 Å². The molecule has 0 unspecified atom stereocenters. The maximum absolute atomic E-state index is 12.1. The van der Waals surface area contributed by atoms with Gasteiger partial charge in [0.15, 0.2) is 0 Å². The highest BCUT2D eigenvalue weighted by Crippen LogP contribution is 2.34. The van der Waals surface area contributed by atoms with Gasteiger partial charge in [-0.05, 0) is 24.6 Å². The number of rotatable bonds is 2. The molecule has 1 aliphatic rings. The predicted octanol–water partition coefficient (Wildman–Crippen LogP) is 2.40. The highest BCUT2D eigenvalue weighted by Gasteiger charge is 2.40. The summed E-state index contributed by atoms with van der Waals surface area (Å²) in [6, 6.07) is 5.15. The van der Waals surface area contributed by atoms with Gasteiger partial charge in [0.25, 0.3) is 0 Å². The van der Waals surface area contributed by atoms with Crippen LogP contribution in [0.1, 0.15) is 25.5 Å². The van der Waals surface area contributed by atoms with Gasteiger partial charge >= 0.3 is 12.0 Å². The highest BCUT2D eigenvalue weighted by molar-refractivity contribution is 6.30. The van der Waals surface area contributed by atoms with E-state index in [9.17, 15) is 14.4 Å². The number of esters is 1. The molecule has 116 valence electrons. The Balaban J connectivity index is 2.64. The molecule has 0 spiro atoms. The molecule has 0 aliphatic carbocycles. The molecular formula is C15H15ClN2O4. The summed E-state index contributed by atoms with van der Waals surface area (Å²) in [4.78, 5) is 37.1. The van der Waals surface area contributed by atoms with Crippen LogP contribution in [0, 0.1) is 0 Å². The van der Waals surface area contributed by atoms with Crippen molar-refractivity contribution in [1.29, 1.82) is 0 Å². The average Bonchev–Trinajstić information content (AvgIpc) is 2.46. The summed E-state index contributed by atoms with van der Waals surface area (Å²) < 4.78 is 4.79. The Hall–Kier alpha value is -2.34. The largest absolute Gasteiger partial charge is 0.466 e. The van der Waals surface area contributed by atoms with Crippen LogP contribution in [0.25, 0.3) is 0 Å². The number of imide groups is 1.